The summed E-state index contributed by atoms with van der Waals surface area (Å²) in [5, 5.41) is 0. The van der Waals surface area contributed by atoms with Gasteiger partial charge in [0.2, 0.25) is 10.0 Å². The summed E-state index contributed by atoms with van der Waals surface area (Å²) in [6, 6.07) is 5.92. The van der Waals surface area contributed by atoms with Crippen LogP contribution in [-0.2, 0) is 21.3 Å². The largest absolute Gasteiger partial charge is 0.755 e. The van der Waals surface area contributed by atoms with Gasteiger partial charge in [-0.3, -0.25) is 8.93 Å². The van der Waals surface area contributed by atoms with E-state index in [1.54, 1.807) is 0 Å². The first-order valence-corrected chi connectivity index (χ1v) is 6.77. The lowest BCUT2D eigenvalue weighted by molar-refractivity contribution is 0.542. The molecule has 0 heterocycles. The molecule has 1 rings (SSSR count). The minimum Gasteiger partial charge on any atom is -0.755 e. The minimum atomic E-state index is -3.35. The van der Waals surface area contributed by atoms with Crippen molar-refractivity contribution in [3.63, 3.8) is 0 Å². The standard InChI is InChI=1S/C7H10N2O4S2/c1-15(12,13)9-7-4-2-3-6(5-7)8-14(10)11/h2-5,8-9H,1H3,(H,10,11)/p-1. The fourth-order valence-corrected chi connectivity index (χ4v) is 1.83. The fraction of sp³-hybridized carbons (Fsp3) is 0.143. The predicted octanol–water partition coefficient (Wildman–Crippen LogP) is 0.264. The van der Waals surface area contributed by atoms with Crippen LogP contribution in [-0.4, -0.2) is 23.4 Å². The third-order valence-electron chi connectivity index (χ3n) is 1.37. The zero-order chi connectivity index (χ0) is 11.5. The molecular formula is C7H9N2O4S2-. The van der Waals surface area contributed by atoms with E-state index in [0.717, 1.165) is 6.26 Å². The molecule has 0 radical (unpaired) electrons. The van der Waals surface area contributed by atoms with Crippen LogP contribution in [0.4, 0.5) is 11.4 Å². The Hall–Kier alpha value is -1.12. The first kappa shape index (κ1) is 12.0. The number of hydrogen-bond acceptors (Lipinski definition) is 4. The minimum absolute atomic E-state index is 0.289. The molecule has 8 heteroatoms. The van der Waals surface area contributed by atoms with Crippen LogP contribution in [0.5, 0.6) is 0 Å². The average Bonchev–Trinajstić information content (AvgIpc) is 1.99. The summed E-state index contributed by atoms with van der Waals surface area (Å²) in [5.74, 6) is 0. The zero-order valence-corrected chi connectivity index (χ0v) is 9.39. The molecule has 0 amide bonds. The van der Waals surface area contributed by atoms with Gasteiger partial charge in [-0.05, 0) is 18.2 Å². The Kier molecular flexibility index (Phi) is 3.66. The molecule has 0 aliphatic rings. The quantitative estimate of drug-likeness (QED) is 0.748. The third-order valence-corrected chi connectivity index (χ3v) is 2.38. The lowest BCUT2D eigenvalue weighted by Gasteiger charge is -2.10. The number of nitrogens with one attached hydrogen (secondary N) is 2. The molecule has 6 nitrogen and oxygen atoms in total. The molecule has 1 aromatic carbocycles. The molecule has 0 aromatic heterocycles. The molecule has 1 aromatic rings. The molecule has 0 aliphatic heterocycles. The monoisotopic (exact) mass is 249 g/mol. The molecule has 1 unspecified atom stereocenters. The Balaban J connectivity index is 2.88. The molecule has 1 atom stereocenters. The second-order valence-corrected chi connectivity index (χ2v) is 5.21. The van der Waals surface area contributed by atoms with Crippen molar-refractivity contribution in [2.45, 2.75) is 0 Å². The number of hydrogen-bond donors (Lipinski definition) is 2. The Bertz CT molecular complexity index is 472. The van der Waals surface area contributed by atoms with E-state index >= 15 is 0 Å². The van der Waals surface area contributed by atoms with Gasteiger partial charge in [0.1, 0.15) is 0 Å². The number of rotatable bonds is 4. The highest BCUT2D eigenvalue weighted by Gasteiger charge is 2.01. The highest BCUT2D eigenvalue weighted by atomic mass is 32.2. The molecule has 0 spiro atoms. The maximum atomic E-state index is 10.9. The van der Waals surface area contributed by atoms with E-state index in [4.69, 9.17) is 0 Å². The average molecular weight is 249 g/mol. The summed E-state index contributed by atoms with van der Waals surface area (Å²) in [5.41, 5.74) is 0.588. The van der Waals surface area contributed by atoms with Gasteiger partial charge in [0, 0.05) is 17.0 Å². The number of sulfonamides is 1. The van der Waals surface area contributed by atoms with Crippen molar-refractivity contribution < 1.29 is 17.2 Å². The molecule has 0 saturated heterocycles. The van der Waals surface area contributed by atoms with Gasteiger partial charge in [-0.25, -0.2) is 8.42 Å². The first-order chi connectivity index (χ1) is 6.87. The van der Waals surface area contributed by atoms with Gasteiger partial charge >= 0.3 is 0 Å². The van der Waals surface area contributed by atoms with E-state index < -0.39 is 21.3 Å². The lowest BCUT2D eigenvalue weighted by Crippen LogP contribution is -2.10. The van der Waals surface area contributed by atoms with Gasteiger partial charge in [0.05, 0.1) is 11.9 Å². The van der Waals surface area contributed by atoms with Crippen LogP contribution < -0.4 is 9.44 Å². The van der Waals surface area contributed by atoms with E-state index in [1.165, 1.54) is 24.3 Å². The smallest absolute Gasteiger partial charge is 0.229 e. The Morgan fingerprint density at radius 1 is 1.33 bits per heavy atom. The Labute approximate surface area is 90.2 Å². The van der Waals surface area contributed by atoms with Crippen molar-refractivity contribution in [2.24, 2.45) is 0 Å². The van der Waals surface area contributed by atoms with Crippen molar-refractivity contribution in [1.82, 2.24) is 0 Å². The van der Waals surface area contributed by atoms with Gasteiger partial charge in [0.15, 0.2) is 0 Å². The SMILES string of the molecule is CS(=O)(=O)Nc1cccc(NS(=O)[O-])c1. The fourth-order valence-electron chi connectivity index (χ4n) is 0.956. The van der Waals surface area contributed by atoms with Gasteiger partial charge in [-0.15, -0.1) is 0 Å². The molecule has 0 fully saturated rings. The maximum absolute atomic E-state index is 10.9. The van der Waals surface area contributed by atoms with Crippen molar-refractivity contribution in [3.05, 3.63) is 24.3 Å². The third kappa shape index (κ3) is 4.77. The van der Waals surface area contributed by atoms with Crippen molar-refractivity contribution in [1.29, 1.82) is 0 Å². The Morgan fingerprint density at radius 2 is 1.93 bits per heavy atom. The maximum Gasteiger partial charge on any atom is 0.229 e. The molecular weight excluding hydrogens is 240 g/mol. The summed E-state index contributed by atoms with van der Waals surface area (Å²) in [6.45, 7) is 0. The summed E-state index contributed by atoms with van der Waals surface area (Å²) in [7, 11) is -3.35. The van der Waals surface area contributed by atoms with Crippen LogP contribution in [0.2, 0.25) is 0 Å². The second-order valence-electron chi connectivity index (χ2n) is 2.79. The van der Waals surface area contributed by atoms with E-state index in [0.29, 0.717) is 5.69 Å². The zero-order valence-electron chi connectivity index (χ0n) is 7.76. The van der Waals surface area contributed by atoms with Gasteiger partial charge in [-0.1, -0.05) is 6.07 Å². The van der Waals surface area contributed by atoms with E-state index in [2.05, 4.69) is 9.44 Å². The first-order valence-electron chi connectivity index (χ1n) is 3.80. The van der Waals surface area contributed by atoms with Gasteiger partial charge < -0.3 is 9.27 Å². The van der Waals surface area contributed by atoms with Crippen LogP contribution in [0, 0.1) is 0 Å². The molecule has 84 valence electrons. The van der Waals surface area contributed by atoms with Crippen LogP contribution in [0.1, 0.15) is 0 Å². The Morgan fingerprint density at radius 3 is 2.47 bits per heavy atom. The predicted molar refractivity (Wildman–Crippen MR) is 57.5 cm³/mol. The van der Waals surface area contributed by atoms with Gasteiger partial charge in [-0.2, -0.15) is 0 Å². The van der Waals surface area contributed by atoms with Crippen molar-refractivity contribution >= 4 is 32.7 Å². The van der Waals surface area contributed by atoms with E-state index in [9.17, 15) is 17.2 Å². The molecule has 2 N–H and O–H groups in total. The van der Waals surface area contributed by atoms with Crippen molar-refractivity contribution in [3.8, 4) is 0 Å². The molecule has 0 bridgehead atoms. The normalized spacial score (nSPS) is 13.2. The highest BCUT2D eigenvalue weighted by Crippen LogP contribution is 2.15. The summed E-state index contributed by atoms with van der Waals surface area (Å²) >= 11 is -2.43. The van der Waals surface area contributed by atoms with E-state index in [-0.39, 0.29) is 5.69 Å². The van der Waals surface area contributed by atoms with Crippen LogP contribution >= 0.6 is 0 Å². The summed E-state index contributed by atoms with van der Waals surface area (Å²) in [6.07, 6.45) is 1.01. The molecule has 0 saturated carbocycles. The summed E-state index contributed by atoms with van der Waals surface area (Å²) < 4.78 is 46.7. The molecule has 15 heavy (non-hydrogen) atoms. The lowest BCUT2D eigenvalue weighted by atomic mass is 10.3. The van der Waals surface area contributed by atoms with Crippen LogP contribution in [0.15, 0.2) is 24.3 Å². The van der Waals surface area contributed by atoms with Crippen LogP contribution in [0.25, 0.3) is 0 Å². The van der Waals surface area contributed by atoms with Gasteiger partial charge in [0.25, 0.3) is 0 Å². The van der Waals surface area contributed by atoms with E-state index in [1.807, 2.05) is 0 Å². The number of anilines is 2. The van der Waals surface area contributed by atoms with Crippen molar-refractivity contribution in [2.75, 3.05) is 15.7 Å². The number of benzene rings is 1. The topological polar surface area (TPSA) is 98.3 Å². The highest BCUT2D eigenvalue weighted by molar-refractivity contribution is 7.92. The molecule has 0 aliphatic carbocycles. The summed E-state index contributed by atoms with van der Waals surface area (Å²) in [4.78, 5) is 0. The second kappa shape index (κ2) is 4.60. The van der Waals surface area contributed by atoms with Crippen LogP contribution in [0.3, 0.4) is 0 Å².